The average Bonchev–Trinajstić information content (AvgIpc) is 3.13. The molecule has 28 heavy (non-hydrogen) atoms. The standard InChI is InChI=1S/C19H22ClN3O5/c1-12(16(24)23-11-8-21-19(23)27)28-18(26)14-6-9-22(10-7-14)17(25)13-2-4-15(20)5-3-13/h2-5,12,14H,6-11H2,1H3,(H,21,27)/t12-/m0/s1. The highest BCUT2D eigenvalue weighted by atomic mass is 35.5. The summed E-state index contributed by atoms with van der Waals surface area (Å²) >= 11 is 5.84. The first-order chi connectivity index (χ1) is 13.4. The Hall–Kier alpha value is -2.61. The normalized spacial score (nSPS) is 18.6. The van der Waals surface area contributed by atoms with E-state index in [9.17, 15) is 19.2 Å². The fourth-order valence-corrected chi connectivity index (χ4v) is 3.44. The van der Waals surface area contributed by atoms with Gasteiger partial charge in [0.05, 0.1) is 5.92 Å². The van der Waals surface area contributed by atoms with E-state index in [4.69, 9.17) is 16.3 Å². The van der Waals surface area contributed by atoms with Gasteiger partial charge in [0.15, 0.2) is 6.10 Å². The molecule has 2 saturated heterocycles. The van der Waals surface area contributed by atoms with E-state index in [2.05, 4.69) is 5.32 Å². The number of ether oxygens (including phenoxy) is 1. The van der Waals surface area contributed by atoms with Gasteiger partial charge in [0.2, 0.25) is 0 Å². The van der Waals surface area contributed by atoms with Crippen LogP contribution in [0, 0.1) is 5.92 Å². The molecule has 1 aromatic carbocycles. The van der Waals surface area contributed by atoms with Crippen LogP contribution >= 0.6 is 11.6 Å². The second kappa shape index (κ2) is 8.60. The number of rotatable bonds is 4. The second-order valence-corrected chi connectivity index (χ2v) is 7.31. The van der Waals surface area contributed by atoms with Crippen molar-refractivity contribution in [2.75, 3.05) is 26.2 Å². The number of carbonyl (C=O) groups is 4. The van der Waals surface area contributed by atoms with Crippen molar-refractivity contribution >= 4 is 35.4 Å². The summed E-state index contributed by atoms with van der Waals surface area (Å²) in [6, 6.07) is 6.21. The minimum absolute atomic E-state index is 0.105. The topological polar surface area (TPSA) is 96.0 Å². The molecule has 0 unspecified atom stereocenters. The summed E-state index contributed by atoms with van der Waals surface area (Å²) in [5.74, 6) is -1.48. The highest BCUT2D eigenvalue weighted by Crippen LogP contribution is 2.22. The molecule has 2 aliphatic heterocycles. The van der Waals surface area contributed by atoms with Crippen molar-refractivity contribution in [2.24, 2.45) is 5.92 Å². The maximum absolute atomic E-state index is 12.5. The van der Waals surface area contributed by atoms with Crippen molar-refractivity contribution in [2.45, 2.75) is 25.9 Å². The second-order valence-electron chi connectivity index (χ2n) is 6.87. The van der Waals surface area contributed by atoms with Crippen LogP contribution in [0.5, 0.6) is 0 Å². The monoisotopic (exact) mass is 407 g/mol. The first-order valence-corrected chi connectivity index (χ1v) is 9.59. The van der Waals surface area contributed by atoms with Crippen molar-refractivity contribution in [1.29, 1.82) is 0 Å². The smallest absolute Gasteiger partial charge is 0.324 e. The highest BCUT2D eigenvalue weighted by molar-refractivity contribution is 6.30. The third-order valence-corrected chi connectivity index (χ3v) is 5.22. The summed E-state index contributed by atoms with van der Waals surface area (Å²) in [6.07, 6.45) is -0.0999. The van der Waals surface area contributed by atoms with Crippen LogP contribution in [0.3, 0.4) is 0 Å². The maximum Gasteiger partial charge on any atom is 0.324 e. The third-order valence-electron chi connectivity index (χ3n) is 4.97. The summed E-state index contributed by atoms with van der Waals surface area (Å²) in [4.78, 5) is 51.4. The van der Waals surface area contributed by atoms with Gasteiger partial charge in [-0.2, -0.15) is 0 Å². The lowest BCUT2D eigenvalue weighted by molar-refractivity contribution is -0.162. The first-order valence-electron chi connectivity index (χ1n) is 9.21. The van der Waals surface area contributed by atoms with Crippen LogP contribution in [0.4, 0.5) is 4.79 Å². The van der Waals surface area contributed by atoms with Crippen molar-refractivity contribution in [3.05, 3.63) is 34.9 Å². The zero-order valence-corrected chi connectivity index (χ0v) is 16.3. The number of nitrogens with one attached hydrogen (secondary N) is 1. The molecular weight excluding hydrogens is 386 g/mol. The largest absolute Gasteiger partial charge is 0.452 e. The molecule has 8 nitrogen and oxygen atoms in total. The summed E-state index contributed by atoms with van der Waals surface area (Å²) < 4.78 is 5.28. The third kappa shape index (κ3) is 4.44. The number of benzene rings is 1. The van der Waals surface area contributed by atoms with Crippen molar-refractivity contribution in [3.8, 4) is 0 Å². The number of nitrogens with zero attached hydrogens (tertiary/aromatic N) is 2. The van der Waals surface area contributed by atoms with Gasteiger partial charge < -0.3 is 15.0 Å². The lowest BCUT2D eigenvalue weighted by Crippen LogP contribution is -2.44. The Morgan fingerprint density at radius 2 is 1.79 bits per heavy atom. The lowest BCUT2D eigenvalue weighted by atomic mass is 9.96. The number of esters is 1. The van der Waals surface area contributed by atoms with Gasteiger partial charge in [-0.25, -0.2) is 4.79 Å². The molecule has 3 rings (SSSR count). The molecule has 4 amide bonds. The number of carbonyl (C=O) groups excluding carboxylic acids is 4. The number of piperidine rings is 1. The first kappa shape index (κ1) is 20.1. The van der Waals surface area contributed by atoms with E-state index >= 15 is 0 Å². The predicted molar refractivity (Wildman–Crippen MR) is 101 cm³/mol. The van der Waals surface area contributed by atoms with Gasteiger partial charge in [-0.05, 0) is 44.0 Å². The van der Waals surface area contributed by atoms with E-state index in [1.807, 2.05) is 0 Å². The molecule has 0 spiro atoms. The minimum atomic E-state index is -1.02. The molecule has 2 fully saturated rings. The van der Waals surface area contributed by atoms with Gasteiger partial charge in [0.25, 0.3) is 11.8 Å². The van der Waals surface area contributed by atoms with E-state index in [-0.39, 0.29) is 18.4 Å². The van der Waals surface area contributed by atoms with Crippen LogP contribution in [0.2, 0.25) is 5.02 Å². The van der Waals surface area contributed by atoms with E-state index < -0.39 is 24.0 Å². The Morgan fingerprint density at radius 3 is 2.36 bits per heavy atom. The quantitative estimate of drug-likeness (QED) is 0.766. The fraction of sp³-hybridized carbons (Fsp3) is 0.474. The average molecular weight is 408 g/mol. The van der Waals surface area contributed by atoms with Crippen molar-refractivity contribution < 1.29 is 23.9 Å². The van der Waals surface area contributed by atoms with Crippen molar-refractivity contribution in [1.82, 2.24) is 15.1 Å². The molecule has 0 aromatic heterocycles. The SMILES string of the molecule is C[C@H](OC(=O)C1CCN(C(=O)c2ccc(Cl)cc2)CC1)C(=O)N1CCNC1=O. The van der Waals surface area contributed by atoms with Gasteiger partial charge >= 0.3 is 12.0 Å². The number of imide groups is 1. The van der Waals surface area contributed by atoms with Gasteiger partial charge in [0.1, 0.15) is 0 Å². The van der Waals surface area contributed by atoms with Crippen LogP contribution in [-0.2, 0) is 14.3 Å². The zero-order valence-electron chi connectivity index (χ0n) is 15.5. The molecule has 0 aliphatic carbocycles. The summed E-state index contributed by atoms with van der Waals surface area (Å²) in [5, 5.41) is 3.10. The van der Waals surface area contributed by atoms with Crippen LogP contribution in [0.25, 0.3) is 0 Å². The number of likely N-dealkylation sites (tertiary alicyclic amines) is 1. The Kier molecular flexibility index (Phi) is 6.18. The number of amides is 4. The molecule has 0 bridgehead atoms. The van der Waals surface area contributed by atoms with Gasteiger partial charge in [0, 0.05) is 36.8 Å². The lowest BCUT2D eigenvalue weighted by Gasteiger charge is -2.31. The molecule has 0 saturated carbocycles. The molecule has 0 radical (unpaired) electrons. The minimum Gasteiger partial charge on any atom is -0.452 e. The Labute approximate surface area is 167 Å². The van der Waals surface area contributed by atoms with Crippen LogP contribution < -0.4 is 5.32 Å². The van der Waals surface area contributed by atoms with Gasteiger partial charge in [-0.3, -0.25) is 19.3 Å². The van der Waals surface area contributed by atoms with E-state index in [0.29, 0.717) is 43.1 Å². The molecule has 9 heteroatoms. The van der Waals surface area contributed by atoms with E-state index in [1.54, 1.807) is 29.2 Å². The zero-order chi connectivity index (χ0) is 20.3. The Morgan fingerprint density at radius 1 is 1.14 bits per heavy atom. The van der Waals surface area contributed by atoms with Crippen LogP contribution in [0.1, 0.15) is 30.1 Å². The summed E-state index contributed by atoms with van der Waals surface area (Å²) in [6.45, 7) is 2.98. The predicted octanol–water partition coefficient (Wildman–Crippen LogP) is 1.68. The maximum atomic E-state index is 12.5. The Balaban J connectivity index is 1.49. The number of hydrogen-bond acceptors (Lipinski definition) is 5. The van der Waals surface area contributed by atoms with Gasteiger partial charge in [-0.1, -0.05) is 11.6 Å². The number of urea groups is 1. The molecule has 1 aromatic rings. The summed E-state index contributed by atoms with van der Waals surface area (Å²) in [5.41, 5.74) is 0.550. The molecular formula is C19H22ClN3O5. The number of hydrogen-bond donors (Lipinski definition) is 1. The van der Waals surface area contributed by atoms with Gasteiger partial charge in [-0.15, -0.1) is 0 Å². The number of halogens is 1. The van der Waals surface area contributed by atoms with Crippen molar-refractivity contribution in [3.63, 3.8) is 0 Å². The van der Waals surface area contributed by atoms with E-state index in [0.717, 1.165) is 4.90 Å². The van der Waals surface area contributed by atoms with Crippen LogP contribution in [-0.4, -0.2) is 65.9 Å². The highest BCUT2D eigenvalue weighted by Gasteiger charge is 2.34. The molecule has 2 heterocycles. The molecule has 1 N–H and O–H groups in total. The van der Waals surface area contributed by atoms with E-state index in [1.165, 1.54) is 6.92 Å². The summed E-state index contributed by atoms with van der Waals surface area (Å²) in [7, 11) is 0. The molecule has 2 aliphatic rings. The molecule has 150 valence electrons. The Bertz CT molecular complexity index is 774. The molecule has 1 atom stereocenters. The van der Waals surface area contributed by atoms with Crippen LogP contribution in [0.15, 0.2) is 24.3 Å². The fourth-order valence-electron chi connectivity index (χ4n) is 3.32.